The van der Waals surface area contributed by atoms with Crippen LogP contribution >= 0.6 is 10.7 Å². The summed E-state index contributed by atoms with van der Waals surface area (Å²) >= 11 is 0. The maximum atomic E-state index is 10.7. The van der Waals surface area contributed by atoms with Crippen LogP contribution in [0, 0.1) is 0 Å². The highest BCUT2D eigenvalue weighted by Gasteiger charge is 2.05. The van der Waals surface area contributed by atoms with Gasteiger partial charge in [0, 0.05) is 10.7 Å². The van der Waals surface area contributed by atoms with Gasteiger partial charge in [-0.1, -0.05) is 30.4 Å². The van der Waals surface area contributed by atoms with Crippen LogP contribution < -0.4 is 0 Å². The van der Waals surface area contributed by atoms with Gasteiger partial charge < -0.3 is 0 Å². The average molecular weight is 221 g/mol. The van der Waals surface area contributed by atoms with Crippen molar-refractivity contribution in [2.24, 2.45) is 0 Å². The van der Waals surface area contributed by atoms with Crippen molar-refractivity contribution >= 4 is 19.7 Å². The summed E-state index contributed by atoms with van der Waals surface area (Å²) in [5.74, 6) is -0.179. The molecule has 0 heterocycles. The highest BCUT2D eigenvalue weighted by Crippen LogP contribution is 2.07. The third kappa shape index (κ3) is 7.81. The number of halogens is 1. The van der Waals surface area contributed by atoms with Crippen LogP contribution in [0.3, 0.4) is 0 Å². The van der Waals surface area contributed by atoms with E-state index in [9.17, 15) is 8.42 Å². The van der Waals surface area contributed by atoms with E-state index < -0.39 is 9.05 Å². The Morgan fingerprint density at radius 2 is 1.92 bits per heavy atom. The largest absolute Gasteiger partial charge is 0.236 e. The molecular formula is C9H13ClO2S. The molecule has 0 saturated carbocycles. The van der Waals surface area contributed by atoms with E-state index in [2.05, 4.69) is 6.58 Å². The molecule has 0 spiro atoms. The van der Waals surface area contributed by atoms with Gasteiger partial charge in [-0.2, -0.15) is 0 Å². The van der Waals surface area contributed by atoms with Crippen molar-refractivity contribution in [1.82, 2.24) is 0 Å². The molecule has 0 saturated heterocycles. The van der Waals surface area contributed by atoms with Gasteiger partial charge in [0.25, 0.3) is 0 Å². The maximum absolute atomic E-state index is 10.7. The van der Waals surface area contributed by atoms with Crippen molar-refractivity contribution in [1.29, 1.82) is 0 Å². The summed E-state index contributed by atoms with van der Waals surface area (Å²) in [6, 6.07) is 0. The van der Waals surface area contributed by atoms with Gasteiger partial charge in [0.2, 0.25) is 9.05 Å². The molecule has 0 rings (SSSR count). The number of allylic oxidation sites excluding steroid dienone is 4. The van der Waals surface area contributed by atoms with Crippen LogP contribution in [-0.2, 0) is 9.05 Å². The second kappa shape index (κ2) is 5.25. The molecule has 0 amide bonds. The Hall–Kier alpha value is -0.540. The number of hydrogen-bond acceptors (Lipinski definition) is 2. The minimum Gasteiger partial charge on any atom is -0.212 e. The average Bonchev–Trinajstić information content (AvgIpc) is 1.95. The highest BCUT2D eigenvalue weighted by atomic mass is 35.7. The van der Waals surface area contributed by atoms with Gasteiger partial charge in [-0.3, -0.25) is 0 Å². The molecule has 0 aliphatic carbocycles. The zero-order chi connectivity index (χ0) is 10.5. The molecule has 0 aromatic rings. The first-order chi connectivity index (χ1) is 5.85. The molecular weight excluding hydrogens is 208 g/mol. The maximum Gasteiger partial charge on any atom is 0.236 e. The Bertz CT molecular complexity index is 333. The molecule has 0 unspecified atom stereocenters. The SMILES string of the molecule is C=C/C(=C\C=C(C)C)CS(=O)(=O)Cl. The molecule has 0 aromatic carbocycles. The van der Waals surface area contributed by atoms with Gasteiger partial charge in [-0.05, 0) is 19.4 Å². The van der Waals surface area contributed by atoms with E-state index in [4.69, 9.17) is 10.7 Å². The molecule has 0 bridgehead atoms. The first kappa shape index (κ1) is 12.5. The second-order valence-electron chi connectivity index (χ2n) is 2.87. The lowest BCUT2D eigenvalue weighted by molar-refractivity contribution is 0.611. The normalized spacial score (nSPS) is 12.4. The predicted molar refractivity (Wildman–Crippen MR) is 57.4 cm³/mol. The number of hydrogen-bond donors (Lipinski definition) is 0. The molecule has 0 aliphatic rings. The van der Waals surface area contributed by atoms with Crippen LogP contribution in [0.1, 0.15) is 13.8 Å². The van der Waals surface area contributed by atoms with Crippen LogP contribution in [0.15, 0.2) is 36.0 Å². The Labute approximate surface area is 84.0 Å². The van der Waals surface area contributed by atoms with Crippen molar-refractivity contribution < 1.29 is 8.42 Å². The van der Waals surface area contributed by atoms with Gasteiger partial charge >= 0.3 is 0 Å². The van der Waals surface area contributed by atoms with Crippen molar-refractivity contribution in [2.45, 2.75) is 13.8 Å². The Balaban J connectivity index is 4.64. The fourth-order valence-electron chi connectivity index (χ4n) is 0.648. The first-order valence-electron chi connectivity index (χ1n) is 3.74. The van der Waals surface area contributed by atoms with Gasteiger partial charge in [0.1, 0.15) is 0 Å². The lowest BCUT2D eigenvalue weighted by atomic mass is 10.2. The standard InChI is InChI=1S/C9H13ClO2S/c1-4-9(6-5-8(2)3)7-13(10,11)12/h4-6H,1,7H2,2-3H3/b9-6+. The molecule has 0 atom stereocenters. The van der Waals surface area contributed by atoms with Crippen LogP contribution in [0.2, 0.25) is 0 Å². The first-order valence-corrected chi connectivity index (χ1v) is 6.22. The van der Waals surface area contributed by atoms with E-state index in [1.165, 1.54) is 6.08 Å². The molecule has 74 valence electrons. The molecule has 0 aliphatic heterocycles. The van der Waals surface area contributed by atoms with Gasteiger partial charge in [-0.15, -0.1) is 0 Å². The number of rotatable bonds is 4. The monoisotopic (exact) mass is 220 g/mol. The third-order valence-corrected chi connectivity index (χ3v) is 2.24. The Kier molecular flexibility index (Phi) is 5.03. The quantitative estimate of drug-likeness (QED) is 0.539. The van der Waals surface area contributed by atoms with Gasteiger partial charge in [0.05, 0.1) is 5.75 Å². The minimum atomic E-state index is -3.48. The van der Waals surface area contributed by atoms with Crippen LogP contribution in [-0.4, -0.2) is 14.2 Å². The van der Waals surface area contributed by atoms with Crippen molar-refractivity contribution in [3.8, 4) is 0 Å². The van der Waals surface area contributed by atoms with Gasteiger partial charge in [0.15, 0.2) is 0 Å². The van der Waals surface area contributed by atoms with E-state index in [1.54, 1.807) is 6.08 Å². The van der Waals surface area contributed by atoms with Crippen LogP contribution in [0.4, 0.5) is 0 Å². The Morgan fingerprint density at radius 3 is 2.23 bits per heavy atom. The van der Waals surface area contributed by atoms with Gasteiger partial charge in [-0.25, -0.2) is 8.42 Å². The summed E-state index contributed by atoms with van der Waals surface area (Å²) in [7, 11) is 1.60. The fraction of sp³-hybridized carbons (Fsp3) is 0.333. The van der Waals surface area contributed by atoms with E-state index in [0.29, 0.717) is 5.57 Å². The summed E-state index contributed by atoms with van der Waals surface area (Å²) < 4.78 is 21.4. The Morgan fingerprint density at radius 1 is 1.38 bits per heavy atom. The third-order valence-electron chi connectivity index (χ3n) is 1.23. The smallest absolute Gasteiger partial charge is 0.212 e. The zero-order valence-corrected chi connectivity index (χ0v) is 9.32. The molecule has 0 radical (unpaired) electrons. The van der Waals surface area contributed by atoms with E-state index >= 15 is 0 Å². The molecule has 4 heteroatoms. The minimum absolute atomic E-state index is 0.179. The molecule has 0 fully saturated rings. The summed E-state index contributed by atoms with van der Waals surface area (Å²) in [4.78, 5) is 0. The lowest BCUT2D eigenvalue weighted by Gasteiger charge is -1.96. The summed E-state index contributed by atoms with van der Waals surface area (Å²) in [6.45, 7) is 7.35. The molecule has 0 N–H and O–H groups in total. The predicted octanol–water partition coefficient (Wildman–Crippen LogP) is 2.63. The van der Waals surface area contributed by atoms with Crippen LogP contribution in [0.5, 0.6) is 0 Å². The van der Waals surface area contributed by atoms with E-state index in [1.807, 2.05) is 19.9 Å². The van der Waals surface area contributed by atoms with Crippen LogP contribution in [0.25, 0.3) is 0 Å². The summed E-state index contributed by atoms with van der Waals surface area (Å²) in [5.41, 5.74) is 1.68. The fourth-order valence-corrected chi connectivity index (χ4v) is 1.64. The highest BCUT2D eigenvalue weighted by molar-refractivity contribution is 8.13. The van der Waals surface area contributed by atoms with E-state index in [-0.39, 0.29) is 5.75 Å². The van der Waals surface area contributed by atoms with Crippen molar-refractivity contribution in [3.05, 3.63) is 36.0 Å². The molecule has 13 heavy (non-hydrogen) atoms. The topological polar surface area (TPSA) is 34.1 Å². The summed E-state index contributed by atoms with van der Waals surface area (Å²) in [5, 5.41) is 0. The lowest BCUT2D eigenvalue weighted by Crippen LogP contribution is -1.98. The molecule has 2 nitrogen and oxygen atoms in total. The molecule has 0 aromatic heterocycles. The van der Waals surface area contributed by atoms with Crippen molar-refractivity contribution in [2.75, 3.05) is 5.75 Å². The summed E-state index contributed by atoms with van der Waals surface area (Å²) in [6.07, 6.45) is 5.00. The second-order valence-corrected chi connectivity index (χ2v) is 5.65. The zero-order valence-electron chi connectivity index (χ0n) is 7.75. The van der Waals surface area contributed by atoms with E-state index in [0.717, 1.165) is 5.57 Å². The van der Waals surface area contributed by atoms with Crippen molar-refractivity contribution in [3.63, 3.8) is 0 Å².